The number of benzene rings is 3. The van der Waals surface area contributed by atoms with Crippen molar-refractivity contribution < 1.29 is 23.7 Å². The Kier molecular flexibility index (Phi) is 5.67. The minimum Gasteiger partial charge on any atom is -0.488 e. The Hall–Kier alpha value is -3.54. The van der Waals surface area contributed by atoms with E-state index >= 15 is 0 Å². The normalized spacial score (nSPS) is 15.5. The van der Waals surface area contributed by atoms with Gasteiger partial charge in [0, 0.05) is 21.7 Å². The van der Waals surface area contributed by atoms with E-state index in [0.29, 0.717) is 46.6 Å². The standard InChI is InChI=1S/C27H21ClO5/c1-3-17-4-6-18(7-5-17)13-31-23-9-8-22-25(29)24(33-26(22)16(23)2)12-19-10-21(28)11-20-14-30-15-32-27(19)20/h3-12H,1,13-15H2,2H3/b24-12-. The number of hydrogen-bond donors (Lipinski definition) is 0. The van der Waals surface area contributed by atoms with Crippen molar-refractivity contribution in [2.75, 3.05) is 6.79 Å². The molecule has 0 saturated carbocycles. The molecule has 2 heterocycles. The van der Waals surface area contributed by atoms with E-state index in [2.05, 4.69) is 6.58 Å². The number of hydrogen-bond acceptors (Lipinski definition) is 5. The summed E-state index contributed by atoms with van der Waals surface area (Å²) >= 11 is 6.25. The topological polar surface area (TPSA) is 54.0 Å². The third-order valence-corrected chi connectivity index (χ3v) is 5.85. The van der Waals surface area contributed by atoms with Crippen LogP contribution in [-0.2, 0) is 18.0 Å². The molecule has 0 atom stereocenters. The van der Waals surface area contributed by atoms with Crippen molar-refractivity contribution in [2.24, 2.45) is 0 Å². The minimum absolute atomic E-state index is 0.149. The van der Waals surface area contributed by atoms with Crippen molar-refractivity contribution >= 4 is 29.5 Å². The largest absolute Gasteiger partial charge is 0.488 e. The molecular weight excluding hydrogens is 440 g/mol. The van der Waals surface area contributed by atoms with Gasteiger partial charge in [-0.1, -0.05) is 48.5 Å². The molecule has 2 aliphatic rings. The lowest BCUT2D eigenvalue weighted by atomic mass is 10.0. The van der Waals surface area contributed by atoms with Crippen molar-refractivity contribution in [3.8, 4) is 17.2 Å². The molecule has 0 bridgehead atoms. The molecule has 0 unspecified atom stereocenters. The lowest BCUT2D eigenvalue weighted by Crippen LogP contribution is -2.12. The zero-order valence-electron chi connectivity index (χ0n) is 18.0. The van der Waals surface area contributed by atoms with Gasteiger partial charge in [-0.3, -0.25) is 4.79 Å². The molecule has 33 heavy (non-hydrogen) atoms. The molecule has 0 saturated heterocycles. The molecule has 0 fully saturated rings. The Morgan fingerprint density at radius 2 is 1.94 bits per heavy atom. The number of ketones is 1. The first-order valence-corrected chi connectivity index (χ1v) is 10.9. The zero-order chi connectivity index (χ0) is 22.9. The molecule has 0 aliphatic carbocycles. The van der Waals surface area contributed by atoms with Crippen LogP contribution in [0.4, 0.5) is 0 Å². The monoisotopic (exact) mass is 460 g/mol. The lowest BCUT2D eigenvalue weighted by Gasteiger charge is -2.20. The van der Waals surface area contributed by atoms with E-state index in [-0.39, 0.29) is 18.3 Å². The highest BCUT2D eigenvalue weighted by Crippen LogP contribution is 2.41. The maximum absolute atomic E-state index is 13.0. The van der Waals surface area contributed by atoms with Gasteiger partial charge in [-0.15, -0.1) is 0 Å². The van der Waals surface area contributed by atoms with Crippen molar-refractivity contribution in [3.63, 3.8) is 0 Å². The molecule has 0 radical (unpaired) electrons. The fourth-order valence-corrected chi connectivity index (χ4v) is 4.14. The van der Waals surface area contributed by atoms with Crippen molar-refractivity contribution in [1.82, 2.24) is 0 Å². The van der Waals surface area contributed by atoms with E-state index in [1.54, 1.807) is 36.4 Å². The number of ether oxygens (including phenoxy) is 4. The summed E-state index contributed by atoms with van der Waals surface area (Å²) in [6.07, 6.45) is 3.47. The minimum atomic E-state index is -0.194. The summed E-state index contributed by atoms with van der Waals surface area (Å²) in [5.41, 5.74) is 4.86. The van der Waals surface area contributed by atoms with Gasteiger partial charge in [0.05, 0.1) is 12.2 Å². The SMILES string of the molecule is C=Cc1ccc(COc2ccc3c(c2C)O/C(=C\c2cc(Cl)cc4c2OCOC4)C3=O)cc1. The van der Waals surface area contributed by atoms with E-state index in [9.17, 15) is 4.79 Å². The van der Waals surface area contributed by atoms with Gasteiger partial charge in [0.15, 0.2) is 12.6 Å². The van der Waals surface area contributed by atoms with Crippen LogP contribution in [0.1, 0.15) is 38.2 Å². The summed E-state index contributed by atoms with van der Waals surface area (Å²) in [4.78, 5) is 13.0. The summed E-state index contributed by atoms with van der Waals surface area (Å²) < 4.78 is 23.0. The molecule has 0 aromatic heterocycles. The fourth-order valence-electron chi connectivity index (χ4n) is 3.89. The molecule has 0 N–H and O–H groups in total. The highest BCUT2D eigenvalue weighted by atomic mass is 35.5. The summed E-state index contributed by atoms with van der Waals surface area (Å²) in [6, 6.07) is 15.1. The second-order valence-electron chi connectivity index (χ2n) is 7.83. The van der Waals surface area contributed by atoms with Crippen LogP contribution < -0.4 is 14.2 Å². The number of Topliss-reactive ketones (excluding diaryl/α,β-unsaturated/α-hetero) is 1. The molecular formula is C27H21ClO5. The Balaban J connectivity index is 1.40. The van der Waals surface area contributed by atoms with E-state index in [0.717, 1.165) is 22.3 Å². The second kappa shape index (κ2) is 8.77. The van der Waals surface area contributed by atoms with E-state index < -0.39 is 0 Å². The average molecular weight is 461 g/mol. The zero-order valence-corrected chi connectivity index (χ0v) is 18.8. The predicted molar refractivity (Wildman–Crippen MR) is 127 cm³/mol. The number of carbonyl (C=O) groups is 1. The van der Waals surface area contributed by atoms with Crippen LogP contribution in [0.5, 0.6) is 17.2 Å². The number of carbonyl (C=O) groups excluding carboxylic acids is 1. The Bertz CT molecular complexity index is 1290. The van der Waals surface area contributed by atoms with Crippen LogP contribution in [0, 0.1) is 6.92 Å². The number of rotatable bonds is 5. The van der Waals surface area contributed by atoms with Crippen LogP contribution in [0.15, 0.2) is 60.9 Å². The highest BCUT2D eigenvalue weighted by Gasteiger charge is 2.31. The molecule has 0 spiro atoms. The summed E-state index contributed by atoms with van der Waals surface area (Å²) in [5, 5.41) is 0.533. The number of halogens is 1. The maximum atomic E-state index is 13.0. The van der Waals surface area contributed by atoms with Gasteiger partial charge in [0.2, 0.25) is 5.78 Å². The van der Waals surface area contributed by atoms with Gasteiger partial charge in [-0.05, 0) is 48.4 Å². The van der Waals surface area contributed by atoms with Gasteiger partial charge in [-0.25, -0.2) is 0 Å². The highest BCUT2D eigenvalue weighted by molar-refractivity contribution is 6.31. The first-order chi connectivity index (χ1) is 16.0. The summed E-state index contributed by atoms with van der Waals surface area (Å²) in [6.45, 7) is 6.60. The molecule has 5 rings (SSSR count). The van der Waals surface area contributed by atoms with Gasteiger partial charge >= 0.3 is 0 Å². The fraction of sp³-hybridized carbons (Fsp3) is 0.148. The molecule has 3 aromatic rings. The molecule has 5 nitrogen and oxygen atoms in total. The van der Waals surface area contributed by atoms with E-state index in [4.69, 9.17) is 30.5 Å². The smallest absolute Gasteiger partial charge is 0.231 e. The molecule has 0 amide bonds. The lowest BCUT2D eigenvalue weighted by molar-refractivity contribution is -0.0165. The van der Waals surface area contributed by atoms with Crippen LogP contribution in [0.25, 0.3) is 12.2 Å². The van der Waals surface area contributed by atoms with Crippen molar-refractivity contribution in [1.29, 1.82) is 0 Å². The Morgan fingerprint density at radius 1 is 1.12 bits per heavy atom. The second-order valence-corrected chi connectivity index (χ2v) is 8.27. The summed E-state index contributed by atoms with van der Waals surface area (Å²) in [5.74, 6) is 1.83. The van der Waals surface area contributed by atoms with Gasteiger partial charge in [0.1, 0.15) is 23.9 Å². The van der Waals surface area contributed by atoms with E-state index in [1.807, 2.05) is 31.2 Å². The third kappa shape index (κ3) is 4.13. The number of fused-ring (bicyclic) bond motifs is 2. The molecule has 6 heteroatoms. The van der Waals surface area contributed by atoms with E-state index in [1.165, 1.54) is 0 Å². The van der Waals surface area contributed by atoms with Crippen LogP contribution >= 0.6 is 11.6 Å². The van der Waals surface area contributed by atoms with Crippen LogP contribution in [0.3, 0.4) is 0 Å². The maximum Gasteiger partial charge on any atom is 0.231 e. The van der Waals surface area contributed by atoms with Crippen LogP contribution in [0.2, 0.25) is 5.02 Å². The molecule has 166 valence electrons. The van der Waals surface area contributed by atoms with Gasteiger partial charge < -0.3 is 18.9 Å². The predicted octanol–water partition coefficient (Wildman–Crippen LogP) is 6.35. The van der Waals surface area contributed by atoms with Crippen molar-refractivity contribution in [2.45, 2.75) is 20.1 Å². The number of allylic oxidation sites excluding steroid dienone is 1. The Morgan fingerprint density at radius 3 is 2.73 bits per heavy atom. The van der Waals surface area contributed by atoms with Gasteiger partial charge in [0.25, 0.3) is 0 Å². The van der Waals surface area contributed by atoms with Gasteiger partial charge in [-0.2, -0.15) is 0 Å². The molecule has 2 aliphatic heterocycles. The first-order valence-electron chi connectivity index (χ1n) is 10.5. The van der Waals surface area contributed by atoms with Crippen molar-refractivity contribution in [3.05, 3.63) is 99.3 Å². The average Bonchev–Trinajstić information content (AvgIpc) is 3.15. The Labute approximate surface area is 196 Å². The first kappa shape index (κ1) is 21.3. The quantitative estimate of drug-likeness (QED) is 0.415. The summed E-state index contributed by atoms with van der Waals surface area (Å²) in [7, 11) is 0. The third-order valence-electron chi connectivity index (χ3n) is 5.64. The molecule has 3 aromatic carbocycles. The van der Waals surface area contributed by atoms with Crippen LogP contribution in [-0.4, -0.2) is 12.6 Å².